The first kappa shape index (κ1) is 12.5. The SMILES string of the molecule is C=CCN(CC=C)c1ccccc1C(C)N. The minimum atomic E-state index is 0.0355. The summed E-state index contributed by atoms with van der Waals surface area (Å²) in [4.78, 5) is 2.21. The minimum Gasteiger partial charge on any atom is -0.364 e. The Morgan fingerprint density at radius 3 is 2.31 bits per heavy atom. The van der Waals surface area contributed by atoms with Crippen LogP contribution in [0.15, 0.2) is 49.6 Å². The predicted octanol–water partition coefficient (Wildman–Crippen LogP) is 2.88. The van der Waals surface area contributed by atoms with Gasteiger partial charge in [0, 0.05) is 24.8 Å². The van der Waals surface area contributed by atoms with Crippen molar-refractivity contribution < 1.29 is 0 Å². The van der Waals surface area contributed by atoms with Crippen LogP contribution in [0.4, 0.5) is 5.69 Å². The van der Waals surface area contributed by atoms with Crippen LogP contribution < -0.4 is 10.6 Å². The highest BCUT2D eigenvalue weighted by Crippen LogP contribution is 2.24. The Hall–Kier alpha value is -1.54. The summed E-state index contributed by atoms with van der Waals surface area (Å²) in [5.41, 5.74) is 8.29. The van der Waals surface area contributed by atoms with Crippen LogP contribution in [0.2, 0.25) is 0 Å². The van der Waals surface area contributed by atoms with E-state index in [-0.39, 0.29) is 6.04 Å². The van der Waals surface area contributed by atoms with Crippen LogP contribution in [-0.2, 0) is 0 Å². The number of hydrogen-bond donors (Lipinski definition) is 1. The summed E-state index contributed by atoms with van der Waals surface area (Å²) < 4.78 is 0. The summed E-state index contributed by atoms with van der Waals surface area (Å²) in [5.74, 6) is 0. The zero-order valence-corrected chi connectivity index (χ0v) is 9.89. The van der Waals surface area contributed by atoms with Crippen LogP contribution in [0.5, 0.6) is 0 Å². The lowest BCUT2D eigenvalue weighted by Gasteiger charge is -2.25. The van der Waals surface area contributed by atoms with E-state index < -0.39 is 0 Å². The fourth-order valence-corrected chi connectivity index (χ4v) is 1.74. The summed E-state index contributed by atoms with van der Waals surface area (Å²) in [7, 11) is 0. The van der Waals surface area contributed by atoms with Gasteiger partial charge in [0.25, 0.3) is 0 Å². The molecule has 0 aliphatic rings. The van der Waals surface area contributed by atoms with Crippen molar-refractivity contribution in [3.63, 3.8) is 0 Å². The van der Waals surface area contributed by atoms with Crippen LogP contribution >= 0.6 is 0 Å². The Labute approximate surface area is 98.1 Å². The van der Waals surface area contributed by atoms with Gasteiger partial charge in [-0.1, -0.05) is 30.4 Å². The first-order valence-corrected chi connectivity index (χ1v) is 5.52. The van der Waals surface area contributed by atoms with Crippen LogP contribution in [0.1, 0.15) is 18.5 Å². The normalized spacial score (nSPS) is 11.9. The molecule has 1 aromatic carbocycles. The Morgan fingerprint density at radius 2 is 1.81 bits per heavy atom. The quantitative estimate of drug-likeness (QED) is 0.741. The maximum Gasteiger partial charge on any atom is 0.0420 e. The molecular formula is C14H20N2. The standard InChI is InChI=1S/C14H20N2/c1-4-10-16(11-5-2)14-9-7-6-8-13(14)12(3)15/h4-9,12H,1-2,10-11,15H2,3H3. The second-order valence-corrected chi connectivity index (χ2v) is 3.83. The van der Waals surface area contributed by atoms with Gasteiger partial charge in [0.05, 0.1) is 0 Å². The molecule has 1 atom stereocenters. The van der Waals surface area contributed by atoms with Gasteiger partial charge < -0.3 is 10.6 Å². The smallest absolute Gasteiger partial charge is 0.0420 e. The van der Waals surface area contributed by atoms with E-state index in [9.17, 15) is 0 Å². The van der Waals surface area contributed by atoms with Gasteiger partial charge in [-0.25, -0.2) is 0 Å². The van der Waals surface area contributed by atoms with Crippen LogP contribution in [0, 0.1) is 0 Å². The van der Waals surface area contributed by atoms with Crippen molar-refractivity contribution >= 4 is 5.69 Å². The number of anilines is 1. The maximum absolute atomic E-state index is 5.97. The lowest BCUT2D eigenvalue weighted by atomic mass is 10.1. The molecule has 0 heterocycles. The van der Waals surface area contributed by atoms with Gasteiger partial charge in [-0.15, -0.1) is 13.2 Å². The third-order valence-corrected chi connectivity index (χ3v) is 2.47. The second-order valence-electron chi connectivity index (χ2n) is 3.83. The van der Waals surface area contributed by atoms with E-state index in [1.54, 1.807) is 0 Å². The molecule has 2 nitrogen and oxygen atoms in total. The molecule has 16 heavy (non-hydrogen) atoms. The van der Waals surface area contributed by atoms with Crippen LogP contribution in [0.3, 0.4) is 0 Å². The van der Waals surface area contributed by atoms with E-state index in [4.69, 9.17) is 5.73 Å². The highest BCUT2D eigenvalue weighted by atomic mass is 15.1. The summed E-state index contributed by atoms with van der Waals surface area (Å²) in [6, 6.07) is 8.24. The first-order chi connectivity index (χ1) is 7.70. The fourth-order valence-electron chi connectivity index (χ4n) is 1.74. The third-order valence-electron chi connectivity index (χ3n) is 2.47. The van der Waals surface area contributed by atoms with E-state index in [1.807, 2.05) is 31.2 Å². The van der Waals surface area contributed by atoms with Gasteiger partial charge in [0.15, 0.2) is 0 Å². The molecule has 0 amide bonds. The zero-order chi connectivity index (χ0) is 12.0. The Balaban J connectivity index is 3.06. The summed E-state index contributed by atoms with van der Waals surface area (Å²) >= 11 is 0. The molecule has 86 valence electrons. The molecule has 0 saturated heterocycles. The van der Waals surface area contributed by atoms with Crippen molar-refractivity contribution in [2.24, 2.45) is 5.73 Å². The van der Waals surface area contributed by atoms with Crippen molar-refractivity contribution in [2.75, 3.05) is 18.0 Å². The number of nitrogens with zero attached hydrogens (tertiary/aromatic N) is 1. The second kappa shape index (κ2) is 6.13. The Morgan fingerprint density at radius 1 is 1.25 bits per heavy atom. The predicted molar refractivity (Wildman–Crippen MR) is 71.7 cm³/mol. The van der Waals surface area contributed by atoms with E-state index >= 15 is 0 Å². The molecule has 1 unspecified atom stereocenters. The maximum atomic E-state index is 5.97. The monoisotopic (exact) mass is 216 g/mol. The van der Waals surface area contributed by atoms with E-state index in [0.29, 0.717) is 0 Å². The molecule has 0 aliphatic heterocycles. The van der Waals surface area contributed by atoms with Gasteiger partial charge in [-0.05, 0) is 18.6 Å². The Bertz CT molecular complexity index is 346. The van der Waals surface area contributed by atoms with Crippen molar-refractivity contribution in [1.82, 2.24) is 0 Å². The highest BCUT2D eigenvalue weighted by molar-refractivity contribution is 5.55. The molecule has 0 fully saturated rings. The molecule has 0 spiro atoms. The third kappa shape index (κ3) is 2.97. The molecule has 2 N–H and O–H groups in total. The lowest BCUT2D eigenvalue weighted by Crippen LogP contribution is -2.25. The summed E-state index contributed by atoms with van der Waals surface area (Å²) in [5, 5.41) is 0. The average molecular weight is 216 g/mol. The summed E-state index contributed by atoms with van der Waals surface area (Å²) in [6.45, 7) is 11.2. The van der Waals surface area contributed by atoms with Gasteiger partial charge >= 0.3 is 0 Å². The highest BCUT2D eigenvalue weighted by Gasteiger charge is 2.10. The molecule has 0 aromatic heterocycles. The number of benzene rings is 1. The van der Waals surface area contributed by atoms with E-state index in [0.717, 1.165) is 24.3 Å². The van der Waals surface area contributed by atoms with Gasteiger partial charge in [-0.2, -0.15) is 0 Å². The average Bonchev–Trinajstić information content (AvgIpc) is 2.29. The van der Waals surface area contributed by atoms with Crippen molar-refractivity contribution in [1.29, 1.82) is 0 Å². The number of para-hydroxylation sites is 1. The zero-order valence-electron chi connectivity index (χ0n) is 9.89. The first-order valence-electron chi connectivity index (χ1n) is 5.52. The van der Waals surface area contributed by atoms with Crippen molar-refractivity contribution in [2.45, 2.75) is 13.0 Å². The van der Waals surface area contributed by atoms with Crippen LogP contribution in [0.25, 0.3) is 0 Å². The largest absolute Gasteiger partial charge is 0.364 e. The number of nitrogens with two attached hydrogens (primary N) is 1. The minimum absolute atomic E-state index is 0.0355. The molecule has 1 rings (SSSR count). The number of rotatable bonds is 6. The van der Waals surface area contributed by atoms with Gasteiger partial charge in [0.2, 0.25) is 0 Å². The molecule has 0 saturated carbocycles. The fraction of sp³-hybridized carbons (Fsp3) is 0.286. The molecule has 0 aliphatic carbocycles. The molecule has 0 bridgehead atoms. The topological polar surface area (TPSA) is 29.3 Å². The van der Waals surface area contributed by atoms with Gasteiger partial charge in [-0.3, -0.25) is 0 Å². The van der Waals surface area contributed by atoms with Gasteiger partial charge in [0.1, 0.15) is 0 Å². The lowest BCUT2D eigenvalue weighted by molar-refractivity contribution is 0.804. The molecule has 1 aromatic rings. The van der Waals surface area contributed by atoms with Crippen molar-refractivity contribution in [3.8, 4) is 0 Å². The number of hydrogen-bond acceptors (Lipinski definition) is 2. The van der Waals surface area contributed by atoms with Crippen molar-refractivity contribution in [3.05, 3.63) is 55.1 Å². The summed E-state index contributed by atoms with van der Waals surface area (Å²) in [6.07, 6.45) is 3.78. The van der Waals surface area contributed by atoms with Crippen LogP contribution in [-0.4, -0.2) is 13.1 Å². The van der Waals surface area contributed by atoms with E-state index in [1.165, 1.54) is 0 Å². The van der Waals surface area contributed by atoms with E-state index in [2.05, 4.69) is 30.2 Å². The molecule has 0 radical (unpaired) electrons. The molecule has 2 heteroatoms. The molecular weight excluding hydrogens is 196 g/mol. The Kier molecular flexibility index (Phi) is 4.80.